The third-order valence-electron chi connectivity index (χ3n) is 23.8. The Hall–Kier alpha value is -14.8. The molecule has 23 rings (SSSR count). The summed E-state index contributed by atoms with van der Waals surface area (Å²) in [6, 6.07) is 153. The van der Waals surface area contributed by atoms with E-state index in [1.54, 1.807) is 0 Å². The van der Waals surface area contributed by atoms with Crippen LogP contribution in [0.25, 0.3) is 159 Å². The number of hydrogen-bond donors (Lipinski definition) is 0. The third-order valence-corrected chi connectivity index (χ3v) is 23.8. The van der Waals surface area contributed by atoms with Crippen LogP contribution in [-0.2, 0) is 0 Å². The molecule has 0 saturated heterocycles. The Kier molecular flexibility index (Phi) is 14.4. The van der Waals surface area contributed by atoms with Crippen LogP contribution >= 0.6 is 0 Å². The molecule has 0 fully saturated rings. The number of benzene rings is 19. The number of nitrogens with zero attached hydrogens (tertiary/aromatic N) is 5. The van der Waals surface area contributed by atoms with Crippen LogP contribution in [0.3, 0.4) is 0 Å². The molecule has 22 aromatic rings. The lowest BCUT2D eigenvalue weighted by Crippen LogP contribution is -2.10. The average molecular weight is 1420 g/mol. The molecule has 19 aromatic carbocycles. The van der Waals surface area contributed by atoms with Crippen molar-refractivity contribution in [3.05, 3.63) is 429 Å². The highest BCUT2D eigenvalue weighted by Crippen LogP contribution is 2.52. The van der Waals surface area contributed by atoms with E-state index < -0.39 is 0 Å². The summed E-state index contributed by atoms with van der Waals surface area (Å²) in [5.74, 6) is 0.205. The van der Waals surface area contributed by atoms with Crippen molar-refractivity contribution in [3.8, 4) is 50.4 Å². The van der Waals surface area contributed by atoms with E-state index in [0.29, 0.717) is 0 Å². The number of fused-ring (bicyclic) bond motifs is 19. The number of hydrogen-bond acceptors (Lipinski definition) is 2. The average Bonchev–Trinajstić information content (AvgIpc) is 1.53. The van der Waals surface area contributed by atoms with Gasteiger partial charge in [-0.3, -0.25) is 0 Å². The van der Waals surface area contributed by atoms with E-state index in [4.69, 9.17) is 0 Å². The van der Waals surface area contributed by atoms with Gasteiger partial charge in [-0.2, -0.15) is 0 Å². The monoisotopic (exact) mass is 1420 g/mol. The van der Waals surface area contributed by atoms with Crippen LogP contribution in [0.4, 0.5) is 34.1 Å². The Morgan fingerprint density at radius 1 is 0.188 bits per heavy atom. The molecule has 0 aliphatic heterocycles. The number of para-hydroxylation sites is 4. The van der Waals surface area contributed by atoms with Crippen LogP contribution in [0.1, 0.15) is 22.6 Å². The van der Waals surface area contributed by atoms with Gasteiger partial charge in [-0.25, -0.2) is 0 Å². The van der Waals surface area contributed by atoms with E-state index in [1.807, 2.05) is 0 Å². The molecule has 3 aromatic heterocycles. The molecule has 1 unspecified atom stereocenters. The van der Waals surface area contributed by atoms with Gasteiger partial charge in [0.2, 0.25) is 0 Å². The zero-order valence-corrected chi connectivity index (χ0v) is 61.1. The predicted octanol–water partition coefficient (Wildman–Crippen LogP) is 29.0. The predicted molar refractivity (Wildman–Crippen MR) is 473 cm³/mol. The fraction of sp³-hybridized carbons (Fsp3) is 0.00935. The minimum absolute atomic E-state index is 0.205. The third kappa shape index (κ3) is 10.0. The highest BCUT2D eigenvalue weighted by molar-refractivity contribution is 6.29. The van der Waals surface area contributed by atoms with Gasteiger partial charge in [-0.15, -0.1) is 0 Å². The lowest BCUT2D eigenvalue weighted by atomic mass is 9.89. The summed E-state index contributed by atoms with van der Waals surface area (Å²) in [4.78, 5) is 4.85. The zero-order valence-electron chi connectivity index (χ0n) is 61.1. The molecule has 5 heteroatoms. The van der Waals surface area contributed by atoms with E-state index in [9.17, 15) is 0 Å². The van der Waals surface area contributed by atoms with Gasteiger partial charge in [0.1, 0.15) is 0 Å². The van der Waals surface area contributed by atoms with Crippen molar-refractivity contribution in [1.29, 1.82) is 0 Å². The summed E-state index contributed by atoms with van der Waals surface area (Å²) in [7, 11) is 0. The summed E-state index contributed by atoms with van der Waals surface area (Å²) in [5.41, 5.74) is 28.2. The first-order valence-corrected chi connectivity index (χ1v) is 38.7. The van der Waals surface area contributed by atoms with E-state index in [2.05, 4.69) is 436 Å². The maximum atomic E-state index is 2.56. The van der Waals surface area contributed by atoms with Crippen LogP contribution in [-0.4, -0.2) is 13.7 Å². The number of rotatable bonds is 12. The Bertz CT molecular complexity index is 7540. The second-order valence-corrected chi connectivity index (χ2v) is 29.9. The lowest BCUT2D eigenvalue weighted by Gasteiger charge is -2.26. The molecule has 1 aliphatic rings. The minimum atomic E-state index is 0.205. The molecule has 0 saturated carbocycles. The maximum absolute atomic E-state index is 2.56. The molecule has 1 atom stereocenters. The Balaban J connectivity index is 0.664. The van der Waals surface area contributed by atoms with Gasteiger partial charge < -0.3 is 23.5 Å². The van der Waals surface area contributed by atoms with Gasteiger partial charge in [0.15, 0.2) is 0 Å². The van der Waals surface area contributed by atoms with E-state index >= 15 is 0 Å². The van der Waals surface area contributed by atoms with Crippen LogP contribution in [0.5, 0.6) is 0 Å². The standard InChI is InChI=1S/C107H69N5/c1-5-23-73(24-6-1)103-93-35-18-17-33-91(93)99-67-76(43-55-94(99)103)71-37-47-83(48-38-71)108(85-51-41-69-21-13-15-25-74(69)63-85)87-53-58-89-78(65-87)44-56-95-97-60-61-98-96-57-45-79-66-88(54-59-90(79)105(96)112(82-31-11-4-12-32-82)107(98)106(97)111(104(89)95)81-29-9-3-10-30-81)109(86-52-42-70-22-14-16-26-75(70)64-86)84-49-39-72(40-50-84)77-46-62-102-100(68-77)92-34-19-20-36-101(92)110(102)80-27-7-2-8-28-80/h1-68,103H. The van der Waals surface area contributed by atoms with Crippen molar-refractivity contribution in [1.82, 2.24) is 13.7 Å². The van der Waals surface area contributed by atoms with Gasteiger partial charge in [0.05, 0.1) is 33.1 Å². The molecule has 5 nitrogen and oxygen atoms in total. The fourth-order valence-corrected chi connectivity index (χ4v) is 18.7. The molecule has 0 radical (unpaired) electrons. The van der Waals surface area contributed by atoms with Crippen LogP contribution in [0.2, 0.25) is 0 Å². The minimum Gasteiger partial charge on any atom is -0.310 e. The molecule has 0 bridgehead atoms. The van der Waals surface area contributed by atoms with Crippen molar-refractivity contribution in [2.75, 3.05) is 9.80 Å². The molecular formula is C107H69N5. The molecule has 3 heterocycles. The Morgan fingerprint density at radius 2 is 0.554 bits per heavy atom. The SMILES string of the molecule is c1ccc(C2c3ccccc3-c3cc(-c4ccc(N(c5ccc6ccccc6c5)c5ccc6c(ccc7c8ccc9c%10ccc%11cc(N(c%12ccc(-c%13ccc%14c(c%13)c%13ccccc%13n%14-c%13ccccc%13)cc%12)c%12ccc%13ccccc%13c%12)ccc%11c%10n(-c%10ccccc%10)c9c8n(-c8ccccc8)c67)c5)cc4)ccc32)cc1. The summed E-state index contributed by atoms with van der Waals surface area (Å²) >= 11 is 0. The first-order chi connectivity index (χ1) is 55.5. The smallest absolute Gasteiger partial charge is 0.0789 e. The molecule has 1 aliphatic carbocycles. The summed E-state index contributed by atoms with van der Waals surface area (Å²) in [6.45, 7) is 0. The van der Waals surface area contributed by atoms with E-state index in [-0.39, 0.29) is 5.92 Å². The number of aromatic nitrogens is 3. The van der Waals surface area contributed by atoms with E-state index in [1.165, 1.54) is 131 Å². The molecule has 0 N–H and O–H groups in total. The van der Waals surface area contributed by atoms with E-state index in [0.717, 1.165) is 78.6 Å². The molecule has 112 heavy (non-hydrogen) atoms. The largest absolute Gasteiger partial charge is 0.310 e. The first kappa shape index (κ1) is 63.3. The maximum Gasteiger partial charge on any atom is 0.0789 e. The van der Waals surface area contributed by atoms with Crippen molar-refractivity contribution in [3.63, 3.8) is 0 Å². The molecule has 522 valence electrons. The first-order valence-electron chi connectivity index (χ1n) is 38.7. The van der Waals surface area contributed by atoms with Crippen LogP contribution in [0.15, 0.2) is 413 Å². The van der Waals surface area contributed by atoms with Crippen molar-refractivity contribution in [2.24, 2.45) is 0 Å². The second-order valence-electron chi connectivity index (χ2n) is 29.9. The van der Waals surface area contributed by atoms with Gasteiger partial charge in [-0.1, -0.05) is 279 Å². The van der Waals surface area contributed by atoms with Gasteiger partial charge in [0, 0.05) is 100 Å². The summed E-state index contributed by atoms with van der Waals surface area (Å²) in [5, 5.41) is 16.7. The molecule has 0 spiro atoms. The second kappa shape index (κ2) is 25.4. The summed E-state index contributed by atoms with van der Waals surface area (Å²) in [6.07, 6.45) is 0. The molecule has 0 amide bonds. The van der Waals surface area contributed by atoms with Crippen molar-refractivity contribution < 1.29 is 0 Å². The van der Waals surface area contributed by atoms with Crippen molar-refractivity contribution >= 4 is 143 Å². The van der Waals surface area contributed by atoms with Crippen molar-refractivity contribution in [2.45, 2.75) is 5.92 Å². The highest BCUT2D eigenvalue weighted by atomic mass is 15.1. The molecular weight excluding hydrogens is 1360 g/mol. The Labute approximate surface area is 647 Å². The Morgan fingerprint density at radius 3 is 1.10 bits per heavy atom. The lowest BCUT2D eigenvalue weighted by molar-refractivity contribution is 1.02. The van der Waals surface area contributed by atoms with Crippen LogP contribution in [0, 0.1) is 0 Å². The zero-order chi connectivity index (χ0) is 73.5. The quantitative estimate of drug-likeness (QED) is 0.122. The van der Waals surface area contributed by atoms with Gasteiger partial charge >= 0.3 is 0 Å². The normalized spacial score (nSPS) is 12.7. The van der Waals surface area contributed by atoms with Gasteiger partial charge in [-0.05, 0) is 216 Å². The highest BCUT2D eigenvalue weighted by Gasteiger charge is 2.31. The number of anilines is 6. The topological polar surface area (TPSA) is 21.3 Å². The van der Waals surface area contributed by atoms with Crippen LogP contribution < -0.4 is 9.80 Å². The fourth-order valence-electron chi connectivity index (χ4n) is 18.7. The van der Waals surface area contributed by atoms with Gasteiger partial charge in [0.25, 0.3) is 0 Å². The summed E-state index contributed by atoms with van der Waals surface area (Å²) < 4.78 is 7.50.